The highest BCUT2D eigenvalue weighted by atomic mass is 16.2. The molecule has 0 atom stereocenters. The first-order chi connectivity index (χ1) is 7.24. The van der Waals surface area contributed by atoms with Crippen molar-refractivity contribution in [3.8, 4) is 0 Å². The van der Waals surface area contributed by atoms with Crippen molar-refractivity contribution in [1.29, 1.82) is 0 Å². The Kier molecular flexibility index (Phi) is 2.93. The molecule has 0 bridgehead atoms. The summed E-state index contributed by atoms with van der Waals surface area (Å²) in [4.78, 5) is 27.0. The zero-order chi connectivity index (χ0) is 10.8. The van der Waals surface area contributed by atoms with Crippen LogP contribution in [0.3, 0.4) is 0 Å². The van der Waals surface area contributed by atoms with Crippen molar-refractivity contribution < 1.29 is 9.59 Å². The minimum absolute atomic E-state index is 0.0246. The molecule has 1 saturated carbocycles. The van der Waals surface area contributed by atoms with Gasteiger partial charge in [0.05, 0.1) is 0 Å². The van der Waals surface area contributed by atoms with Gasteiger partial charge in [0, 0.05) is 25.6 Å². The summed E-state index contributed by atoms with van der Waals surface area (Å²) in [5, 5.41) is 0. The first-order valence-electron chi connectivity index (χ1n) is 5.85. The molecule has 0 unspecified atom stereocenters. The monoisotopic (exact) mass is 210 g/mol. The number of nitrogens with zero attached hydrogens (tertiary/aromatic N) is 2. The van der Waals surface area contributed by atoms with Crippen LogP contribution in [0.5, 0.6) is 0 Å². The van der Waals surface area contributed by atoms with Crippen molar-refractivity contribution in [2.75, 3.05) is 13.1 Å². The third kappa shape index (κ3) is 1.85. The second kappa shape index (κ2) is 4.21. The summed E-state index contributed by atoms with van der Waals surface area (Å²) in [6.45, 7) is 3.26. The predicted molar refractivity (Wildman–Crippen MR) is 56.4 cm³/mol. The van der Waals surface area contributed by atoms with E-state index < -0.39 is 0 Å². The van der Waals surface area contributed by atoms with Crippen LogP contribution in [-0.4, -0.2) is 40.9 Å². The molecule has 2 aliphatic rings. The zero-order valence-electron chi connectivity index (χ0n) is 9.24. The summed E-state index contributed by atoms with van der Waals surface area (Å²) >= 11 is 0. The van der Waals surface area contributed by atoms with Gasteiger partial charge in [-0.15, -0.1) is 0 Å². The Bertz CT molecular complexity index is 272. The van der Waals surface area contributed by atoms with Gasteiger partial charge >= 0.3 is 6.03 Å². The minimum atomic E-state index is -0.0688. The van der Waals surface area contributed by atoms with Crippen LogP contribution in [0, 0.1) is 0 Å². The Morgan fingerprint density at radius 2 is 1.93 bits per heavy atom. The molecule has 1 saturated heterocycles. The first kappa shape index (κ1) is 10.5. The van der Waals surface area contributed by atoms with Crippen LogP contribution in [0.4, 0.5) is 4.79 Å². The number of carbonyl (C=O) groups is 2. The number of hydrogen-bond acceptors (Lipinski definition) is 2. The molecule has 1 aliphatic heterocycles. The molecule has 1 aliphatic carbocycles. The summed E-state index contributed by atoms with van der Waals surface area (Å²) in [6.07, 6.45) is 4.78. The van der Waals surface area contributed by atoms with Gasteiger partial charge < -0.3 is 4.90 Å². The van der Waals surface area contributed by atoms with Gasteiger partial charge in [0.15, 0.2) is 0 Å². The van der Waals surface area contributed by atoms with Crippen molar-refractivity contribution in [2.24, 2.45) is 0 Å². The molecule has 0 aromatic heterocycles. The molecule has 0 N–H and O–H groups in total. The second-order valence-electron chi connectivity index (χ2n) is 4.31. The molecular weight excluding hydrogens is 192 g/mol. The first-order valence-corrected chi connectivity index (χ1v) is 5.85. The van der Waals surface area contributed by atoms with Crippen LogP contribution in [0.25, 0.3) is 0 Å². The van der Waals surface area contributed by atoms with Crippen LogP contribution < -0.4 is 0 Å². The van der Waals surface area contributed by atoms with Crippen LogP contribution >= 0.6 is 0 Å². The third-order valence-electron chi connectivity index (χ3n) is 3.41. The number of imide groups is 1. The van der Waals surface area contributed by atoms with Gasteiger partial charge in [-0.3, -0.25) is 9.69 Å². The fraction of sp³-hybridized carbons (Fsp3) is 0.818. The summed E-state index contributed by atoms with van der Waals surface area (Å²) in [5.41, 5.74) is 0. The highest BCUT2D eigenvalue weighted by Crippen LogP contribution is 2.26. The third-order valence-corrected chi connectivity index (χ3v) is 3.41. The van der Waals surface area contributed by atoms with Crippen molar-refractivity contribution in [3.63, 3.8) is 0 Å². The lowest BCUT2D eigenvalue weighted by atomic mass is 10.1. The van der Waals surface area contributed by atoms with E-state index in [1.54, 1.807) is 4.90 Å². The van der Waals surface area contributed by atoms with E-state index in [0.717, 1.165) is 25.7 Å². The molecule has 4 heteroatoms. The molecule has 0 radical (unpaired) electrons. The Morgan fingerprint density at radius 3 is 2.53 bits per heavy atom. The van der Waals surface area contributed by atoms with E-state index in [9.17, 15) is 9.59 Å². The number of carbonyl (C=O) groups excluding carboxylic acids is 2. The van der Waals surface area contributed by atoms with Crippen molar-refractivity contribution in [1.82, 2.24) is 9.80 Å². The number of urea groups is 1. The number of amides is 3. The Morgan fingerprint density at radius 1 is 1.27 bits per heavy atom. The second-order valence-corrected chi connectivity index (χ2v) is 4.31. The van der Waals surface area contributed by atoms with E-state index in [4.69, 9.17) is 0 Å². The summed E-state index contributed by atoms with van der Waals surface area (Å²) < 4.78 is 0. The van der Waals surface area contributed by atoms with Gasteiger partial charge in [0.1, 0.15) is 0 Å². The van der Waals surface area contributed by atoms with E-state index in [-0.39, 0.29) is 18.0 Å². The van der Waals surface area contributed by atoms with Gasteiger partial charge in [0.2, 0.25) is 5.91 Å². The van der Waals surface area contributed by atoms with Crippen molar-refractivity contribution >= 4 is 11.9 Å². The molecule has 1 heterocycles. The number of rotatable bonds is 2. The Balaban J connectivity index is 2.11. The predicted octanol–water partition coefficient (Wildman–Crippen LogP) is 1.60. The normalized spacial score (nSPS) is 24.1. The van der Waals surface area contributed by atoms with E-state index in [1.807, 2.05) is 6.92 Å². The van der Waals surface area contributed by atoms with Crippen molar-refractivity contribution in [2.45, 2.75) is 45.1 Å². The fourth-order valence-electron chi connectivity index (χ4n) is 2.52. The molecule has 3 amide bonds. The molecule has 84 valence electrons. The average Bonchev–Trinajstić information content (AvgIpc) is 2.71. The average molecular weight is 210 g/mol. The maximum atomic E-state index is 12.0. The van der Waals surface area contributed by atoms with E-state index in [2.05, 4.69) is 0 Å². The SMILES string of the molecule is CCN1CCC(=O)N(C2CCCC2)C1=O. The van der Waals surface area contributed by atoms with Crippen molar-refractivity contribution in [3.05, 3.63) is 0 Å². The molecular formula is C11H18N2O2. The topological polar surface area (TPSA) is 40.6 Å². The lowest BCUT2D eigenvalue weighted by Gasteiger charge is -2.36. The summed E-state index contributed by atoms with van der Waals surface area (Å²) in [6, 6.07) is 0.111. The quantitative estimate of drug-likeness (QED) is 0.694. The molecule has 0 aromatic carbocycles. The highest BCUT2D eigenvalue weighted by Gasteiger charge is 2.37. The van der Waals surface area contributed by atoms with Gasteiger partial charge in [-0.25, -0.2) is 4.79 Å². The summed E-state index contributed by atoms with van der Waals surface area (Å²) in [7, 11) is 0. The molecule has 0 spiro atoms. The van der Waals surface area contributed by atoms with Gasteiger partial charge in [-0.1, -0.05) is 12.8 Å². The van der Waals surface area contributed by atoms with E-state index >= 15 is 0 Å². The van der Waals surface area contributed by atoms with Gasteiger partial charge in [-0.05, 0) is 19.8 Å². The maximum Gasteiger partial charge on any atom is 0.326 e. The fourth-order valence-corrected chi connectivity index (χ4v) is 2.52. The molecule has 2 rings (SSSR count). The Hall–Kier alpha value is -1.06. The lowest BCUT2D eigenvalue weighted by molar-refractivity contribution is -0.132. The molecule has 4 nitrogen and oxygen atoms in total. The lowest BCUT2D eigenvalue weighted by Crippen LogP contribution is -2.55. The van der Waals surface area contributed by atoms with Crippen LogP contribution in [0.2, 0.25) is 0 Å². The summed E-state index contributed by atoms with van der Waals surface area (Å²) in [5.74, 6) is 0.0246. The van der Waals surface area contributed by atoms with Crippen LogP contribution in [0.1, 0.15) is 39.0 Å². The number of hydrogen-bond donors (Lipinski definition) is 0. The largest absolute Gasteiger partial charge is 0.326 e. The van der Waals surface area contributed by atoms with E-state index in [0.29, 0.717) is 19.5 Å². The standard InChI is InChI=1S/C11H18N2O2/c1-2-12-8-7-10(14)13(11(12)15)9-5-3-4-6-9/h9H,2-8H2,1H3. The zero-order valence-corrected chi connectivity index (χ0v) is 9.24. The molecule has 2 fully saturated rings. The van der Waals surface area contributed by atoms with Crippen LogP contribution in [-0.2, 0) is 4.79 Å². The van der Waals surface area contributed by atoms with Gasteiger partial charge in [0.25, 0.3) is 0 Å². The molecule has 15 heavy (non-hydrogen) atoms. The van der Waals surface area contributed by atoms with Crippen LogP contribution in [0.15, 0.2) is 0 Å². The maximum absolute atomic E-state index is 12.0. The van der Waals surface area contributed by atoms with Gasteiger partial charge in [-0.2, -0.15) is 0 Å². The minimum Gasteiger partial charge on any atom is -0.324 e. The smallest absolute Gasteiger partial charge is 0.324 e. The molecule has 0 aromatic rings. The van der Waals surface area contributed by atoms with E-state index in [1.165, 1.54) is 4.90 Å². The Labute approximate surface area is 90.2 Å². The highest BCUT2D eigenvalue weighted by molar-refractivity contribution is 5.97.